The number of ether oxygens (including phenoxy) is 1. The molecule has 0 spiro atoms. The topological polar surface area (TPSA) is 55.2 Å². The van der Waals surface area contributed by atoms with Crippen molar-refractivity contribution in [2.24, 2.45) is 5.92 Å². The van der Waals surface area contributed by atoms with E-state index in [-0.39, 0.29) is 5.88 Å². The zero-order valence-electron chi connectivity index (χ0n) is 15.3. The van der Waals surface area contributed by atoms with E-state index in [0.717, 1.165) is 11.4 Å². The van der Waals surface area contributed by atoms with Crippen molar-refractivity contribution in [3.8, 4) is 17.0 Å². The summed E-state index contributed by atoms with van der Waals surface area (Å²) in [6.45, 7) is 1.18. The van der Waals surface area contributed by atoms with Gasteiger partial charge in [-0.3, -0.25) is 0 Å². The second-order valence-corrected chi connectivity index (χ2v) is 8.25. The van der Waals surface area contributed by atoms with E-state index in [4.69, 9.17) is 11.6 Å². The number of aliphatic hydroxyl groups excluding tert-OH is 1. The number of alkyl halides is 2. The van der Waals surface area contributed by atoms with Crippen LogP contribution in [0, 0.1) is 5.92 Å². The Balaban J connectivity index is 1.97. The quantitative estimate of drug-likeness (QED) is 0.525. The number of pyridine rings is 1. The molecule has 0 bridgehead atoms. The van der Waals surface area contributed by atoms with Crippen molar-refractivity contribution < 1.29 is 18.6 Å². The maximum absolute atomic E-state index is 12.8. The lowest BCUT2D eigenvalue weighted by Crippen LogP contribution is -2.07. The molecule has 1 unspecified atom stereocenters. The van der Waals surface area contributed by atoms with Gasteiger partial charge in [0, 0.05) is 35.0 Å². The lowest BCUT2D eigenvalue weighted by atomic mass is 10.0. The number of aromatic nitrogens is 2. The fourth-order valence-electron chi connectivity index (χ4n) is 2.72. The van der Waals surface area contributed by atoms with Crippen LogP contribution in [0.1, 0.15) is 35.4 Å². The van der Waals surface area contributed by atoms with Crippen molar-refractivity contribution in [1.82, 2.24) is 9.97 Å². The summed E-state index contributed by atoms with van der Waals surface area (Å²) in [6, 6.07) is 8.31. The molecule has 28 heavy (non-hydrogen) atoms. The van der Waals surface area contributed by atoms with E-state index in [2.05, 4.69) is 28.6 Å². The van der Waals surface area contributed by atoms with Crippen molar-refractivity contribution in [2.45, 2.75) is 33.0 Å². The molecule has 1 N–H and O–H groups in total. The van der Waals surface area contributed by atoms with Gasteiger partial charge in [0.2, 0.25) is 5.88 Å². The average Bonchev–Trinajstić information content (AvgIpc) is 3.08. The van der Waals surface area contributed by atoms with Crippen molar-refractivity contribution in [3.63, 3.8) is 0 Å². The van der Waals surface area contributed by atoms with Crippen molar-refractivity contribution in [3.05, 3.63) is 63.2 Å². The van der Waals surface area contributed by atoms with Crippen LogP contribution in [-0.2, 0) is 6.42 Å². The molecule has 0 aliphatic carbocycles. The Bertz CT molecular complexity index is 949. The Morgan fingerprint density at radius 1 is 1.18 bits per heavy atom. The second kappa shape index (κ2) is 8.94. The molecule has 8 heteroatoms. The van der Waals surface area contributed by atoms with Gasteiger partial charge >= 0.3 is 6.61 Å². The minimum absolute atomic E-state index is 0.224. The molecule has 3 rings (SSSR count). The summed E-state index contributed by atoms with van der Waals surface area (Å²) in [5, 5.41) is 12.1. The molecule has 0 radical (unpaired) electrons. The lowest BCUT2D eigenvalue weighted by molar-refractivity contribution is -0.0524. The number of hydrogen-bond acceptors (Lipinski definition) is 5. The third kappa shape index (κ3) is 5.04. The molecule has 4 nitrogen and oxygen atoms in total. The van der Waals surface area contributed by atoms with Crippen LogP contribution in [0.15, 0.2) is 42.7 Å². The summed E-state index contributed by atoms with van der Waals surface area (Å²) in [7, 11) is 0. The smallest absolute Gasteiger partial charge is 0.388 e. The molecule has 0 fully saturated rings. The Morgan fingerprint density at radius 2 is 1.96 bits per heavy atom. The van der Waals surface area contributed by atoms with Gasteiger partial charge < -0.3 is 9.84 Å². The maximum atomic E-state index is 12.8. The molecular formula is C20H19ClF2N2O2S. The number of benzene rings is 1. The maximum Gasteiger partial charge on any atom is 0.388 e. The van der Waals surface area contributed by atoms with Gasteiger partial charge in [0.15, 0.2) is 0 Å². The molecule has 1 aromatic carbocycles. The predicted octanol–water partition coefficient (Wildman–Crippen LogP) is 5.74. The van der Waals surface area contributed by atoms with E-state index in [0.29, 0.717) is 32.5 Å². The van der Waals surface area contributed by atoms with Crippen LogP contribution in [0.25, 0.3) is 11.1 Å². The van der Waals surface area contributed by atoms with Crippen LogP contribution >= 0.6 is 22.9 Å². The Labute approximate surface area is 170 Å². The first kappa shape index (κ1) is 20.6. The predicted molar refractivity (Wildman–Crippen MR) is 106 cm³/mol. The summed E-state index contributed by atoms with van der Waals surface area (Å²) in [5.41, 5.74) is 1.34. The third-order valence-corrected chi connectivity index (χ3v) is 5.26. The van der Waals surface area contributed by atoms with Gasteiger partial charge in [0.25, 0.3) is 0 Å². The van der Waals surface area contributed by atoms with Crippen LogP contribution in [-0.4, -0.2) is 21.7 Å². The standard InChI is InChI=1S/C20H19ClF2N2O2S/c1-11(2)6-17-24-10-16(28-17)18(26)13-8-15(12-4-3-5-14(21)7-12)19(25-9-13)27-20(22)23/h3-5,7-11,18,20,26H,6H2,1-2H3. The van der Waals surface area contributed by atoms with Gasteiger partial charge in [0.05, 0.1) is 9.88 Å². The molecule has 1 atom stereocenters. The van der Waals surface area contributed by atoms with E-state index >= 15 is 0 Å². The van der Waals surface area contributed by atoms with Crippen LogP contribution in [0.4, 0.5) is 8.78 Å². The average molecular weight is 425 g/mol. The lowest BCUT2D eigenvalue weighted by Gasteiger charge is -2.14. The van der Waals surface area contributed by atoms with Gasteiger partial charge in [-0.05, 0) is 29.7 Å². The van der Waals surface area contributed by atoms with Crippen LogP contribution in [0.5, 0.6) is 5.88 Å². The SMILES string of the molecule is CC(C)Cc1ncc(C(O)c2cnc(OC(F)F)c(-c3cccc(Cl)c3)c2)s1. The zero-order chi connectivity index (χ0) is 20.3. The monoisotopic (exact) mass is 424 g/mol. The normalized spacial score (nSPS) is 12.6. The second-order valence-electron chi connectivity index (χ2n) is 6.67. The molecular weight excluding hydrogens is 406 g/mol. The van der Waals surface area contributed by atoms with Crippen LogP contribution in [0.2, 0.25) is 5.02 Å². The highest BCUT2D eigenvalue weighted by molar-refractivity contribution is 7.11. The highest BCUT2D eigenvalue weighted by atomic mass is 35.5. The van der Waals surface area contributed by atoms with Crippen LogP contribution in [0.3, 0.4) is 0 Å². The Kier molecular flexibility index (Phi) is 6.59. The highest BCUT2D eigenvalue weighted by Crippen LogP contribution is 2.35. The molecule has 148 valence electrons. The van der Waals surface area contributed by atoms with E-state index in [1.54, 1.807) is 36.5 Å². The Morgan fingerprint density at radius 3 is 2.64 bits per heavy atom. The van der Waals surface area contributed by atoms with E-state index in [9.17, 15) is 13.9 Å². The van der Waals surface area contributed by atoms with Gasteiger partial charge in [-0.1, -0.05) is 37.6 Å². The van der Waals surface area contributed by atoms with E-state index in [1.807, 2.05) is 0 Å². The van der Waals surface area contributed by atoms with Crippen molar-refractivity contribution in [2.75, 3.05) is 0 Å². The fourth-order valence-corrected chi connectivity index (χ4v) is 4.06. The number of aliphatic hydroxyl groups is 1. The number of rotatable bonds is 7. The molecule has 0 saturated heterocycles. The Hall–Kier alpha value is -2.09. The minimum Gasteiger partial charge on any atom is -0.416 e. The van der Waals surface area contributed by atoms with Gasteiger partial charge in [0.1, 0.15) is 6.10 Å². The summed E-state index contributed by atoms with van der Waals surface area (Å²) in [6.07, 6.45) is 2.82. The first-order valence-corrected chi connectivity index (χ1v) is 9.86. The first-order valence-electron chi connectivity index (χ1n) is 8.67. The zero-order valence-corrected chi connectivity index (χ0v) is 16.8. The summed E-state index contributed by atoms with van der Waals surface area (Å²) in [5.74, 6) is 0.232. The van der Waals surface area contributed by atoms with Crippen molar-refractivity contribution >= 4 is 22.9 Å². The van der Waals surface area contributed by atoms with Gasteiger partial charge in [-0.2, -0.15) is 8.78 Å². The van der Waals surface area contributed by atoms with Crippen LogP contribution < -0.4 is 4.74 Å². The van der Waals surface area contributed by atoms with Gasteiger partial charge in [-0.15, -0.1) is 11.3 Å². The molecule has 2 heterocycles. The molecule has 0 aliphatic heterocycles. The molecule has 0 amide bonds. The van der Waals surface area contributed by atoms with Gasteiger partial charge in [-0.25, -0.2) is 9.97 Å². The van der Waals surface area contributed by atoms with E-state index < -0.39 is 12.7 Å². The summed E-state index contributed by atoms with van der Waals surface area (Å²) in [4.78, 5) is 9.02. The summed E-state index contributed by atoms with van der Waals surface area (Å²) >= 11 is 7.45. The highest BCUT2D eigenvalue weighted by Gasteiger charge is 2.20. The largest absolute Gasteiger partial charge is 0.416 e. The number of thiazole rings is 1. The molecule has 0 aliphatic rings. The first-order chi connectivity index (χ1) is 13.3. The summed E-state index contributed by atoms with van der Waals surface area (Å²) < 4.78 is 30.1. The van der Waals surface area contributed by atoms with E-state index in [1.165, 1.54) is 17.5 Å². The molecule has 0 saturated carbocycles. The fraction of sp³-hybridized carbons (Fsp3) is 0.300. The molecule has 2 aromatic heterocycles. The third-order valence-electron chi connectivity index (χ3n) is 3.95. The minimum atomic E-state index is -3.01. The number of hydrogen-bond donors (Lipinski definition) is 1. The van der Waals surface area contributed by atoms with Crippen molar-refractivity contribution in [1.29, 1.82) is 0 Å². The number of nitrogens with zero attached hydrogens (tertiary/aromatic N) is 2. The molecule has 3 aromatic rings. The number of halogens is 3.